The molecule has 5 saturated heterocycles. The monoisotopic (exact) mass is 1810 g/mol. The zero-order valence-electron chi connectivity index (χ0n) is 90.2. The van der Waals surface area contributed by atoms with Gasteiger partial charge in [0.15, 0.2) is 0 Å². The number of aromatic nitrogens is 3. The van der Waals surface area contributed by atoms with Crippen LogP contribution in [0.2, 0.25) is 0 Å². The molecule has 0 unspecified atom stereocenters. The number of hydroxylamine groups is 10. The van der Waals surface area contributed by atoms with E-state index in [2.05, 4.69) is 230 Å². The number of unbranched alkanes of at least 4 members (excludes halogenated alkanes) is 33. The molecule has 0 spiro atoms. The van der Waals surface area contributed by atoms with Gasteiger partial charge in [-0.2, -0.15) is 40.3 Å². The quantitative estimate of drug-likeness (QED) is 0.0568. The molecule has 6 rings (SSSR count). The molecule has 5 fully saturated rings. The lowest BCUT2D eigenvalue weighted by Gasteiger charge is -2.56. The topological polar surface area (TPSA) is 151 Å². The maximum absolute atomic E-state index is 14.1. The summed E-state index contributed by atoms with van der Waals surface area (Å²) in [5.74, 6) is 2.74. The summed E-state index contributed by atoms with van der Waals surface area (Å²) in [6.07, 6.45) is 56.9. The van der Waals surface area contributed by atoms with Crippen molar-refractivity contribution in [3.05, 3.63) is 0 Å². The molecule has 5 aliphatic heterocycles. The minimum atomic E-state index is -0.317. The van der Waals surface area contributed by atoms with Crippen LogP contribution in [0.3, 0.4) is 0 Å². The molecule has 20 heteroatoms. The summed E-state index contributed by atoms with van der Waals surface area (Å²) in [5, 5.41) is 11.8. The summed E-state index contributed by atoms with van der Waals surface area (Å²) in [6.45, 7) is 72.7. The van der Waals surface area contributed by atoms with E-state index in [0.29, 0.717) is 0 Å². The van der Waals surface area contributed by atoms with Crippen molar-refractivity contribution in [1.29, 1.82) is 0 Å². The molecule has 129 heavy (non-hydrogen) atoms. The number of nitrogens with zero attached hydrogens (tertiary/aromatic N) is 13. The predicted octanol–water partition coefficient (Wildman–Crippen LogP) is 27.9. The Hall–Kier alpha value is -3.05. The smallest absolute Gasteiger partial charge is 0.232 e. The lowest BCUT2D eigenvalue weighted by molar-refractivity contribution is -0.288. The zero-order valence-corrected chi connectivity index (χ0v) is 90.2. The van der Waals surface area contributed by atoms with Gasteiger partial charge in [-0.1, -0.05) is 241 Å². The Kier molecular flexibility index (Phi) is 49.4. The number of carbonyl (C=O) groups is 2. The van der Waals surface area contributed by atoms with Crippen molar-refractivity contribution in [3.63, 3.8) is 0 Å². The first-order chi connectivity index (χ1) is 60.9. The number of piperidine rings is 5. The summed E-state index contributed by atoms with van der Waals surface area (Å²) in [4.78, 5) is 93.6. The van der Waals surface area contributed by atoms with Crippen LogP contribution in [0.15, 0.2) is 0 Å². The van der Waals surface area contributed by atoms with E-state index < -0.39 is 0 Å². The molecule has 0 aromatic carbocycles. The second-order valence-corrected chi connectivity index (χ2v) is 47.7. The van der Waals surface area contributed by atoms with Gasteiger partial charge >= 0.3 is 0 Å². The van der Waals surface area contributed by atoms with E-state index in [-0.39, 0.29) is 97.4 Å². The number of hydrogen-bond acceptors (Lipinski definition) is 18. The Morgan fingerprint density at radius 1 is 0.233 bits per heavy atom. The first-order valence-corrected chi connectivity index (χ1v) is 54.7. The van der Waals surface area contributed by atoms with Crippen molar-refractivity contribution in [3.8, 4) is 0 Å². The highest BCUT2D eigenvalue weighted by molar-refractivity contribution is 5.74. The molecule has 754 valence electrons. The van der Waals surface area contributed by atoms with Crippen LogP contribution in [0.4, 0.5) is 17.8 Å². The molecule has 0 radical (unpaired) electrons. The third-order valence-electron chi connectivity index (χ3n) is 29.9. The molecule has 0 N–H and O–H groups in total. The lowest BCUT2D eigenvalue weighted by Crippen LogP contribution is -2.65. The Morgan fingerprint density at radius 3 is 0.574 bits per heavy atom. The van der Waals surface area contributed by atoms with Gasteiger partial charge in [-0.15, -0.1) is 0 Å². The average Bonchev–Trinajstić information content (AvgIpc) is 0.748. The number of hydrogen-bond donors (Lipinski definition) is 0. The summed E-state index contributed by atoms with van der Waals surface area (Å²) >= 11 is 0. The second kappa shape index (κ2) is 55.5. The fraction of sp³-hybridized carbons (Fsp3) is 0.954. The maximum Gasteiger partial charge on any atom is 0.232 e. The highest BCUT2D eigenvalue weighted by Crippen LogP contribution is 2.49. The molecular weight excluding hydrogens is 1600 g/mol. The third-order valence-corrected chi connectivity index (χ3v) is 29.9. The summed E-state index contributed by atoms with van der Waals surface area (Å²) in [5.41, 5.74) is -2.74. The molecule has 0 saturated carbocycles. The van der Waals surface area contributed by atoms with Gasteiger partial charge in [-0.25, -0.2) is 0 Å². The summed E-state index contributed by atoms with van der Waals surface area (Å²) in [7, 11) is 0. The molecule has 1 aromatic rings. The van der Waals surface area contributed by atoms with Crippen LogP contribution in [0.1, 0.15) is 521 Å². The molecule has 0 bridgehead atoms. The van der Waals surface area contributed by atoms with Crippen LogP contribution in [-0.2, 0) is 33.8 Å². The van der Waals surface area contributed by atoms with Gasteiger partial charge in [0, 0.05) is 132 Å². The standard InChI is InChI=1S/C109H211N13O7/c1-29-35-41-46-56-65-75-125-118-100(9,10)80-92(81-101(118,11)12)113(90(7)123)71-61-52-51-53-63-73-116(95-86-106(21,22)121(107(23,24)87-95)128-78-68-59-49-44-38-32-4)98-110-97(115(70-40-34-6)94-84-104(17,18)120(105(19,20)85-94)127-77-67-58-48-43-37-31-3)111-99(112-98)117(96-88-108(25,26)122(109(27,28)89-96)129-79-69-60-50-45-39-33-5)74-64-55-54-62-72-114(91(8)124)93-82-102(13,14)119(103(15,16)83-93)126-76-66-57-47-42-36-30-2/h92-96H,29-89H2,1-28H3. The van der Waals surface area contributed by atoms with E-state index in [1.54, 1.807) is 13.8 Å². The van der Waals surface area contributed by atoms with Gasteiger partial charge in [0.2, 0.25) is 29.7 Å². The van der Waals surface area contributed by atoms with Crippen molar-refractivity contribution in [2.24, 2.45) is 0 Å². The average molecular weight is 1820 g/mol. The first kappa shape index (κ1) is 115. The molecule has 0 atom stereocenters. The summed E-state index contributed by atoms with van der Waals surface area (Å²) < 4.78 is 0. The van der Waals surface area contributed by atoms with Gasteiger partial charge in [0.1, 0.15) is 0 Å². The van der Waals surface area contributed by atoms with Crippen molar-refractivity contribution in [2.45, 2.75) is 607 Å². The van der Waals surface area contributed by atoms with E-state index in [0.717, 1.165) is 251 Å². The van der Waals surface area contributed by atoms with E-state index in [1.807, 2.05) is 0 Å². The lowest BCUT2D eigenvalue weighted by atomic mass is 9.78. The van der Waals surface area contributed by atoms with Crippen LogP contribution in [0, 0.1) is 0 Å². The fourth-order valence-corrected chi connectivity index (χ4v) is 24.7. The van der Waals surface area contributed by atoms with Gasteiger partial charge in [0.05, 0.1) is 33.0 Å². The molecule has 6 heterocycles. The van der Waals surface area contributed by atoms with E-state index in [9.17, 15) is 9.59 Å². The largest absolute Gasteiger partial charge is 0.340 e. The van der Waals surface area contributed by atoms with Crippen molar-refractivity contribution < 1.29 is 33.8 Å². The Bertz CT molecular complexity index is 3140. The third kappa shape index (κ3) is 36.7. The van der Waals surface area contributed by atoms with E-state index >= 15 is 0 Å². The summed E-state index contributed by atoms with van der Waals surface area (Å²) in [6, 6.07) is 0.570. The Labute approximate surface area is 796 Å². The predicted molar refractivity (Wildman–Crippen MR) is 545 cm³/mol. The zero-order chi connectivity index (χ0) is 95.3. The van der Waals surface area contributed by atoms with Crippen LogP contribution in [0.5, 0.6) is 0 Å². The van der Waals surface area contributed by atoms with Gasteiger partial charge < -0.3 is 24.5 Å². The van der Waals surface area contributed by atoms with Crippen molar-refractivity contribution in [2.75, 3.05) is 80.5 Å². The minimum Gasteiger partial charge on any atom is -0.340 e. The number of rotatable bonds is 66. The van der Waals surface area contributed by atoms with Gasteiger partial charge in [-0.05, 0) is 267 Å². The highest BCUT2D eigenvalue weighted by Gasteiger charge is 2.55. The van der Waals surface area contributed by atoms with Crippen molar-refractivity contribution in [1.82, 2.24) is 50.1 Å². The number of anilines is 3. The molecule has 5 aliphatic rings. The SMILES string of the molecule is CCCCCCCCON1C(C)(C)CC(N(CCCCCCCN(c2nc(N(CCCC)C3CC(C)(C)N(OCCCCCCCC)C(C)(C)C3)nc(N(CCCCCCN(C(C)=O)C3CC(C)(C)N(OCCCCCCCC)C(C)(C)C3)C3CC(C)(C)N(OCCCCCCCC)C(C)(C)C3)n2)C2CC(C)(C)N(OCCCCCCCC)C(C)(C)C2)C(C)=O)CC1(C)C. The highest BCUT2D eigenvalue weighted by atomic mass is 16.7. The molecular formula is C109H211N13O7. The van der Waals surface area contributed by atoms with E-state index in [1.165, 1.54) is 161 Å². The minimum absolute atomic E-state index is 0.0818. The molecule has 2 amide bonds. The second-order valence-electron chi connectivity index (χ2n) is 47.7. The molecule has 0 aliphatic carbocycles. The maximum atomic E-state index is 14.1. The first-order valence-electron chi connectivity index (χ1n) is 54.7. The van der Waals surface area contributed by atoms with E-state index in [4.69, 9.17) is 39.1 Å². The van der Waals surface area contributed by atoms with Crippen LogP contribution >= 0.6 is 0 Å². The number of carbonyl (C=O) groups excluding carboxylic acids is 2. The Balaban J connectivity index is 1.44. The molecule has 20 nitrogen and oxygen atoms in total. The van der Waals surface area contributed by atoms with Gasteiger partial charge in [0.25, 0.3) is 0 Å². The van der Waals surface area contributed by atoms with Crippen molar-refractivity contribution >= 4 is 29.7 Å². The van der Waals surface area contributed by atoms with Crippen LogP contribution in [0.25, 0.3) is 0 Å². The number of amides is 2. The molecule has 1 aromatic heterocycles. The normalized spacial score (nSPS) is 21.0. The fourth-order valence-electron chi connectivity index (χ4n) is 24.7. The Morgan fingerprint density at radius 2 is 0.388 bits per heavy atom. The van der Waals surface area contributed by atoms with Gasteiger partial charge in [-0.3, -0.25) is 33.8 Å². The van der Waals surface area contributed by atoms with Crippen LogP contribution in [-0.4, -0.2) is 213 Å². The van der Waals surface area contributed by atoms with Crippen LogP contribution < -0.4 is 14.7 Å².